The molecule has 1 amide bonds. The molecule has 158 valence electrons. The van der Waals surface area contributed by atoms with Gasteiger partial charge in [0.25, 0.3) is 0 Å². The molecule has 2 heterocycles. The van der Waals surface area contributed by atoms with Gasteiger partial charge in [0.15, 0.2) is 0 Å². The fourth-order valence-electron chi connectivity index (χ4n) is 3.54. The number of aryl methyl sites for hydroxylation is 1. The van der Waals surface area contributed by atoms with E-state index in [4.69, 9.17) is 5.73 Å². The topological polar surface area (TPSA) is 71.2 Å². The molecule has 1 saturated heterocycles. The summed E-state index contributed by atoms with van der Waals surface area (Å²) in [5, 5.41) is 6.59. The summed E-state index contributed by atoms with van der Waals surface area (Å²) in [6.07, 6.45) is 4.90. The molecule has 1 aliphatic heterocycles. The fourth-order valence-corrected chi connectivity index (χ4v) is 4.27. The number of rotatable bonds is 9. The van der Waals surface area contributed by atoms with E-state index in [1.54, 1.807) is 11.3 Å². The van der Waals surface area contributed by atoms with Crippen LogP contribution in [0.25, 0.3) is 0 Å². The Morgan fingerprint density at radius 2 is 1.93 bits per heavy atom. The van der Waals surface area contributed by atoms with Crippen molar-refractivity contribution < 1.29 is 4.79 Å². The number of hydrogen-bond acceptors (Lipinski definition) is 5. The van der Waals surface area contributed by atoms with Crippen LogP contribution < -0.4 is 11.1 Å². The Hall–Kier alpha value is -0.400. The summed E-state index contributed by atoms with van der Waals surface area (Å²) in [5.41, 5.74) is 6.68. The highest BCUT2D eigenvalue weighted by molar-refractivity contribution is 7.09. The van der Waals surface area contributed by atoms with Gasteiger partial charge < -0.3 is 11.1 Å². The van der Waals surface area contributed by atoms with Crippen molar-refractivity contribution in [1.29, 1.82) is 0 Å². The van der Waals surface area contributed by atoms with Crippen molar-refractivity contribution in [2.45, 2.75) is 59.4 Å². The lowest BCUT2D eigenvalue weighted by Crippen LogP contribution is -2.47. The fraction of sp³-hybridized carbons (Fsp3) is 0.789. The minimum atomic E-state index is -0.387. The maximum absolute atomic E-state index is 12.5. The van der Waals surface area contributed by atoms with Crippen LogP contribution in [0.5, 0.6) is 0 Å². The minimum absolute atomic E-state index is 0. The number of halogens is 2. The van der Waals surface area contributed by atoms with Crippen LogP contribution in [0.4, 0.5) is 0 Å². The molecule has 0 bridgehead atoms. The summed E-state index contributed by atoms with van der Waals surface area (Å²) in [6.45, 7) is 10.6. The first-order valence-electron chi connectivity index (χ1n) is 9.70. The number of nitrogens with one attached hydrogen (secondary N) is 1. The minimum Gasteiger partial charge on any atom is -0.355 e. The lowest BCUT2D eigenvalue weighted by Gasteiger charge is -2.33. The molecule has 5 nitrogen and oxygen atoms in total. The van der Waals surface area contributed by atoms with Crippen molar-refractivity contribution in [2.24, 2.45) is 17.1 Å². The zero-order chi connectivity index (χ0) is 18.3. The van der Waals surface area contributed by atoms with Crippen LogP contribution in [-0.2, 0) is 17.8 Å². The summed E-state index contributed by atoms with van der Waals surface area (Å²) >= 11 is 1.76. The maximum Gasteiger partial charge on any atom is 0.227 e. The van der Waals surface area contributed by atoms with Gasteiger partial charge in [0.05, 0.1) is 16.1 Å². The number of nitrogens with two attached hydrogens (primary N) is 1. The Morgan fingerprint density at radius 3 is 2.41 bits per heavy atom. The Bertz CT molecular complexity index is 535. The molecule has 1 aromatic heterocycles. The number of carbonyl (C=O) groups excluding carboxylic acids is 1. The van der Waals surface area contributed by atoms with Gasteiger partial charge in [-0.25, -0.2) is 4.98 Å². The maximum atomic E-state index is 12.5. The van der Waals surface area contributed by atoms with Crippen molar-refractivity contribution in [3.05, 3.63) is 16.1 Å². The lowest BCUT2D eigenvalue weighted by atomic mass is 9.81. The summed E-state index contributed by atoms with van der Waals surface area (Å²) in [4.78, 5) is 19.7. The number of thiazole rings is 1. The highest BCUT2D eigenvalue weighted by Crippen LogP contribution is 2.26. The van der Waals surface area contributed by atoms with Crippen LogP contribution in [0, 0.1) is 11.3 Å². The molecule has 2 rings (SSSR count). The van der Waals surface area contributed by atoms with E-state index in [0.717, 1.165) is 58.3 Å². The van der Waals surface area contributed by atoms with E-state index in [2.05, 4.69) is 41.4 Å². The zero-order valence-electron chi connectivity index (χ0n) is 16.8. The summed E-state index contributed by atoms with van der Waals surface area (Å²) in [5.74, 6) is 0.711. The number of carbonyl (C=O) groups is 1. The van der Waals surface area contributed by atoms with E-state index in [9.17, 15) is 4.79 Å². The highest BCUT2D eigenvalue weighted by Gasteiger charge is 2.33. The van der Waals surface area contributed by atoms with Crippen molar-refractivity contribution in [2.75, 3.05) is 26.2 Å². The van der Waals surface area contributed by atoms with Crippen molar-refractivity contribution in [1.82, 2.24) is 15.2 Å². The Labute approximate surface area is 180 Å². The molecular weight excluding hydrogens is 403 g/mol. The van der Waals surface area contributed by atoms with Gasteiger partial charge in [-0.3, -0.25) is 9.69 Å². The van der Waals surface area contributed by atoms with Gasteiger partial charge in [0.2, 0.25) is 5.91 Å². The third kappa shape index (κ3) is 7.17. The average molecular weight is 439 g/mol. The van der Waals surface area contributed by atoms with Crippen molar-refractivity contribution >= 4 is 42.1 Å². The third-order valence-electron chi connectivity index (χ3n) is 5.77. The van der Waals surface area contributed by atoms with Gasteiger partial charge in [-0.05, 0) is 51.1 Å². The number of aromatic nitrogens is 1. The van der Waals surface area contributed by atoms with E-state index >= 15 is 0 Å². The van der Waals surface area contributed by atoms with Gasteiger partial charge in [-0.2, -0.15) is 0 Å². The van der Waals surface area contributed by atoms with E-state index in [-0.39, 0.29) is 36.1 Å². The second-order valence-corrected chi connectivity index (χ2v) is 8.15. The molecule has 27 heavy (non-hydrogen) atoms. The normalized spacial score (nSPS) is 15.7. The number of hydrogen-bond donors (Lipinski definition) is 2. The highest BCUT2D eigenvalue weighted by atomic mass is 35.5. The molecule has 0 aromatic carbocycles. The quantitative estimate of drug-likeness (QED) is 0.616. The monoisotopic (exact) mass is 438 g/mol. The Balaban J connectivity index is 0.00000338. The predicted octanol–water partition coefficient (Wildman–Crippen LogP) is 3.64. The molecule has 0 saturated carbocycles. The van der Waals surface area contributed by atoms with Crippen LogP contribution in [0.15, 0.2) is 5.38 Å². The Morgan fingerprint density at radius 1 is 1.30 bits per heavy atom. The Kier molecular flexibility index (Phi) is 12.7. The van der Waals surface area contributed by atoms with Crippen molar-refractivity contribution in [3.8, 4) is 0 Å². The first kappa shape index (κ1) is 26.6. The molecule has 0 spiro atoms. The number of piperidine rings is 1. The van der Waals surface area contributed by atoms with Crippen LogP contribution in [0.2, 0.25) is 0 Å². The molecule has 0 unspecified atom stereocenters. The van der Waals surface area contributed by atoms with Gasteiger partial charge in [0, 0.05) is 25.0 Å². The summed E-state index contributed by atoms with van der Waals surface area (Å²) in [6, 6.07) is 0. The number of amides is 1. The first-order chi connectivity index (χ1) is 12.1. The molecule has 0 aliphatic carbocycles. The molecule has 0 radical (unpaired) electrons. The van der Waals surface area contributed by atoms with Crippen LogP contribution in [0.3, 0.4) is 0 Å². The van der Waals surface area contributed by atoms with Gasteiger partial charge in [-0.1, -0.05) is 20.8 Å². The van der Waals surface area contributed by atoms with Gasteiger partial charge in [-0.15, -0.1) is 36.2 Å². The first-order valence-corrected chi connectivity index (χ1v) is 10.6. The molecule has 1 aliphatic rings. The van der Waals surface area contributed by atoms with E-state index in [1.807, 2.05) is 0 Å². The molecule has 0 atom stereocenters. The van der Waals surface area contributed by atoms with E-state index in [1.165, 1.54) is 10.7 Å². The van der Waals surface area contributed by atoms with Crippen LogP contribution in [-0.4, -0.2) is 42.0 Å². The van der Waals surface area contributed by atoms with Gasteiger partial charge >= 0.3 is 0 Å². The van der Waals surface area contributed by atoms with E-state index < -0.39 is 0 Å². The smallest absolute Gasteiger partial charge is 0.227 e. The summed E-state index contributed by atoms with van der Waals surface area (Å²) < 4.78 is 0. The molecule has 8 heteroatoms. The van der Waals surface area contributed by atoms with Gasteiger partial charge in [0.1, 0.15) is 0 Å². The second kappa shape index (κ2) is 12.9. The third-order valence-corrected chi connectivity index (χ3v) is 6.81. The standard InChI is InChI=1S/C19H34N4OS.2ClH/c1-4-17-22-16(13-25-17)12-23-9-7-15(8-10-23)11-21-18(24)19(5-2,6-3)14-20;;/h13,15H,4-12,14,20H2,1-3H3,(H,21,24);2*1H. The van der Waals surface area contributed by atoms with Crippen LogP contribution >= 0.6 is 36.2 Å². The van der Waals surface area contributed by atoms with Crippen LogP contribution in [0.1, 0.15) is 57.2 Å². The average Bonchev–Trinajstić information content (AvgIpc) is 3.10. The number of likely N-dealkylation sites (tertiary alicyclic amines) is 1. The SMILES string of the molecule is CCc1nc(CN2CCC(CNC(=O)C(CC)(CC)CN)CC2)cs1.Cl.Cl. The molecule has 1 aromatic rings. The zero-order valence-corrected chi connectivity index (χ0v) is 19.3. The lowest BCUT2D eigenvalue weighted by molar-refractivity contribution is -0.131. The summed E-state index contributed by atoms with van der Waals surface area (Å²) in [7, 11) is 0. The molecular formula is C19H36Cl2N4OS. The second-order valence-electron chi connectivity index (χ2n) is 7.21. The molecule has 1 fully saturated rings. The largest absolute Gasteiger partial charge is 0.355 e. The number of nitrogens with zero attached hydrogens (tertiary/aromatic N) is 2. The van der Waals surface area contributed by atoms with Crippen molar-refractivity contribution in [3.63, 3.8) is 0 Å². The van der Waals surface area contributed by atoms with E-state index in [0.29, 0.717) is 12.5 Å². The predicted molar refractivity (Wildman–Crippen MR) is 119 cm³/mol. The molecule has 3 N–H and O–H groups in total.